The van der Waals surface area contributed by atoms with Gasteiger partial charge in [0, 0.05) is 27.1 Å². The van der Waals surface area contributed by atoms with Crippen molar-refractivity contribution in [3.63, 3.8) is 0 Å². The predicted octanol–water partition coefficient (Wildman–Crippen LogP) is 6.48. The van der Waals surface area contributed by atoms with Gasteiger partial charge in [-0.3, -0.25) is 0 Å². The average molecular weight is 465 g/mol. The summed E-state index contributed by atoms with van der Waals surface area (Å²) in [4.78, 5) is 20.4. The SMILES string of the molecule is C=Cc1c2ccc3ccc4ccc(nc4c3n2)/c(=C/C)c2nc(ccc2C=C)c2cc/c(=C/C)c1n2. The summed E-state index contributed by atoms with van der Waals surface area (Å²) < 4.78 is 0. The third kappa shape index (κ3) is 3.30. The first-order valence-corrected chi connectivity index (χ1v) is 12.0. The Morgan fingerprint density at radius 1 is 0.528 bits per heavy atom. The van der Waals surface area contributed by atoms with Crippen LogP contribution in [0.25, 0.3) is 79.2 Å². The predicted molar refractivity (Wildman–Crippen MR) is 154 cm³/mol. The van der Waals surface area contributed by atoms with Gasteiger partial charge in [0.05, 0.1) is 44.1 Å². The smallest absolute Gasteiger partial charge is 0.0972 e. The lowest BCUT2D eigenvalue weighted by molar-refractivity contribution is 1.38. The van der Waals surface area contributed by atoms with Gasteiger partial charge in [0.2, 0.25) is 0 Å². The van der Waals surface area contributed by atoms with Crippen LogP contribution in [-0.2, 0) is 0 Å². The van der Waals surface area contributed by atoms with Gasteiger partial charge >= 0.3 is 0 Å². The van der Waals surface area contributed by atoms with E-state index in [0.29, 0.717) is 0 Å². The molecule has 0 unspecified atom stereocenters. The van der Waals surface area contributed by atoms with E-state index in [2.05, 4.69) is 55.6 Å². The highest BCUT2D eigenvalue weighted by Crippen LogP contribution is 2.25. The molecule has 0 N–H and O–H groups in total. The number of pyridine rings is 4. The van der Waals surface area contributed by atoms with E-state index in [1.54, 1.807) is 0 Å². The Bertz CT molecular complexity index is 2040. The van der Waals surface area contributed by atoms with Crippen LogP contribution in [0.3, 0.4) is 0 Å². The van der Waals surface area contributed by atoms with Gasteiger partial charge in [-0.2, -0.15) is 0 Å². The fourth-order valence-electron chi connectivity index (χ4n) is 4.85. The molecule has 0 aliphatic rings. The normalized spacial score (nSPS) is 12.7. The minimum absolute atomic E-state index is 0.782. The van der Waals surface area contributed by atoms with Crippen LogP contribution < -0.4 is 10.4 Å². The summed E-state index contributed by atoms with van der Waals surface area (Å²) >= 11 is 0. The molecule has 0 saturated carbocycles. The lowest BCUT2D eigenvalue weighted by Gasteiger charge is -2.07. The molecule has 6 rings (SSSR count). The molecule has 4 heteroatoms. The Balaban J connectivity index is 2.03. The molecule has 4 nitrogen and oxygen atoms in total. The number of benzene rings is 1. The highest BCUT2D eigenvalue weighted by Gasteiger charge is 2.09. The Morgan fingerprint density at radius 3 is 1.72 bits per heavy atom. The summed E-state index contributed by atoms with van der Waals surface area (Å²) in [6, 6.07) is 20.6. The average Bonchev–Trinajstić information content (AvgIpc) is 2.93. The van der Waals surface area contributed by atoms with Gasteiger partial charge in [-0.25, -0.2) is 19.9 Å². The molecule has 6 aromatic rings. The standard InChI is InChI=1S/C32H24N4/c1-5-19-11-17-27-28-18-12-20(6-2)30(36-28)24(8-4)26-16-14-22-10-9-21-13-15-25(23(7-3)29(19)35-27)33-31(21)32(22)34-26/h5-18H,1,4H2,2-3H3/b20-6-,23-7-,30-24?. The van der Waals surface area contributed by atoms with E-state index < -0.39 is 0 Å². The number of rotatable bonds is 2. The number of aromatic nitrogens is 4. The molecular weight excluding hydrogens is 440 g/mol. The summed E-state index contributed by atoms with van der Waals surface area (Å²) in [6.45, 7) is 12.2. The maximum Gasteiger partial charge on any atom is 0.0972 e. The number of hydrogen-bond donors (Lipinski definition) is 0. The van der Waals surface area contributed by atoms with Crippen LogP contribution >= 0.6 is 0 Å². The lowest BCUT2D eigenvalue weighted by atomic mass is 10.1. The first-order valence-electron chi connectivity index (χ1n) is 12.0. The minimum atomic E-state index is 0.782. The van der Waals surface area contributed by atoms with Gasteiger partial charge in [0.15, 0.2) is 0 Å². The van der Waals surface area contributed by atoms with Crippen LogP contribution in [0.2, 0.25) is 0 Å². The molecule has 0 atom stereocenters. The second kappa shape index (κ2) is 8.51. The largest absolute Gasteiger partial charge is 0.245 e. The molecule has 0 aliphatic carbocycles. The van der Waals surface area contributed by atoms with Crippen molar-refractivity contribution >= 4 is 79.2 Å². The van der Waals surface area contributed by atoms with Crippen LogP contribution in [0.1, 0.15) is 25.0 Å². The molecule has 36 heavy (non-hydrogen) atoms. The molecule has 8 bridgehead atoms. The summed E-state index contributed by atoms with van der Waals surface area (Å²) in [5, 5.41) is 4.02. The topological polar surface area (TPSA) is 51.6 Å². The summed E-state index contributed by atoms with van der Waals surface area (Å²) in [7, 11) is 0. The number of fused-ring (bicyclic) bond motifs is 7. The van der Waals surface area contributed by atoms with Crippen LogP contribution in [0.5, 0.6) is 0 Å². The van der Waals surface area contributed by atoms with Crippen molar-refractivity contribution < 1.29 is 0 Å². The molecule has 0 radical (unpaired) electrons. The monoisotopic (exact) mass is 464 g/mol. The minimum Gasteiger partial charge on any atom is -0.245 e. The summed E-state index contributed by atoms with van der Waals surface area (Å²) in [5.74, 6) is 0. The molecule has 5 heterocycles. The molecule has 1 aromatic carbocycles. The fraction of sp³-hybridized carbons (Fsp3) is 0.0625. The molecule has 5 aromatic heterocycles. The van der Waals surface area contributed by atoms with Gasteiger partial charge in [0.25, 0.3) is 0 Å². The zero-order chi connectivity index (χ0) is 24.8. The second-order valence-corrected chi connectivity index (χ2v) is 8.68. The van der Waals surface area contributed by atoms with Gasteiger partial charge in [-0.05, 0) is 43.3 Å². The molecule has 0 aliphatic heterocycles. The van der Waals surface area contributed by atoms with Crippen LogP contribution in [0, 0.1) is 0 Å². The van der Waals surface area contributed by atoms with Crippen LogP contribution in [-0.4, -0.2) is 19.9 Å². The van der Waals surface area contributed by atoms with Gasteiger partial charge in [0.1, 0.15) is 0 Å². The third-order valence-corrected chi connectivity index (χ3v) is 6.72. The molecule has 0 amide bonds. The highest BCUT2D eigenvalue weighted by atomic mass is 14.8. The first kappa shape index (κ1) is 21.8. The van der Waals surface area contributed by atoms with Gasteiger partial charge in [-0.1, -0.05) is 73.9 Å². The van der Waals surface area contributed by atoms with Crippen molar-refractivity contribution in [1.29, 1.82) is 0 Å². The van der Waals surface area contributed by atoms with Crippen molar-refractivity contribution in [3.05, 3.63) is 95.4 Å². The Labute approximate surface area is 208 Å². The molecular formula is C32H24N4. The molecule has 0 fully saturated rings. The van der Waals surface area contributed by atoms with E-state index in [1.807, 2.05) is 56.3 Å². The highest BCUT2D eigenvalue weighted by molar-refractivity contribution is 6.05. The van der Waals surface area contributed by atoms with Crippen LogP contribution in [0.4, 0.5) is 0 Å². The van der Waals surface area contributed by atoms with Gasteiger partial charge in [-0.15, -0.1) is 0 Å². The van der Waals surface area contributed by atoms with Crippen LogP contribution in [0.15, 0.2) is 73.8 Å². The van der Waals surface area contributed by atoms with E-state index in [-0.39, 0.29) is 0 Å². The summed E-state index contributed by atoms with van der Waals surface area (Å²) in [5.41, 5.74) is 8.37. The molecule has 172 valence electrons. The second-order valence-electron chi connectivity index (χ2n) is 8.68. The zero-order valence-electron chi connectivity index (χ0n) is 20.3. The Kier molecular flexibility index (Phi) is 5.15. The van der Waals surface area contributed by atoms with Crippen molar-refractivity contribution in [2.24, 2.45) is 0 Å². The maximum absolute atomic E-state index is 5.13. The van der Waals surface area contributed by atoms with Crippen molar-refractivity contribution in [1.82, 2.24) is 19.9 Å². The van der Waals surface area contributed by atoms with Crippen molar-refractivity contribution in [3.8, 4) is 0 Å². The lowest BCUT2D eigenvalue weighted by Crippen LogP contribution is -2.07. The number of nitrogens with zero attached hydrogens (tertiary/aromatic N) is 4. The van der Waals surface area contributed by atoms with E-state index in [4.69, 9.17) is 19.9 Å². The molecule has 0 spiro atoms. The van der Waals surface area contributed by atoms with E-state index >= 15 is 0 Å². The Morgan fingerprint density at radius 2 is 1.08 bits per heavy atom. The Hall–Kier alpha value is -4.70. The third-order valence-electron chi connectivity index (χ3n) is 6.72. The first-order chi connectivity index (χ1) is 17.6. The maximum atomic E-state index is 5.13. The van der Waals surface area contributed by atoms with Crippen molar-refractivity contribution in [2.45, 2.75) is 13.8 Å². The molecule has 0 saturated heterocycles. The van der Waals surface area contributed by atoms with E-state index in [9.17, 15) is 0 Å². The number of hydrogen-bond acceptors (Lipinski definition) is 4. The fourth-order valence-corrected chi connectivity index (χ4v) is 4.85. The quantitative estimate of drug-likeness (QED) is 0.275. The zero-order valence-corrected chi connectivity index (χ0v) is 20.3. The van der Waals surface area contributed by atoms with Crippen molar-refractivity contribution in [2.75, 3.05) is 0 Å². The van der Waals surface area contributed by atoms with E-state index in [0.717, 1.165) is 76.5 Å². The van der Waals surface area contributed by atoms with E-state index in [1.165, 1.54) is 0 Å². The summed E-state index contributed by atoms with van der Waals surface area (Å²) in [6.07, 6.45) is 7.78. The van der Waals surface area contributed by atoms with Gasteiger partial charge < -0.3 is 0 Å².